The number of thiophene rings is 1. The summed E-state index contributed by atoms with van der Waals surface area (Å²) in [5.74, 6) is 10.8. The highest BCUT2D eigenvalue weighted by Gasteiger charge is 2.21. The molecule has 6 N–H and O–H groups in total. The fraction of sp³-hybridized carbons (Fsp3) is 0.238. The average molecular weight is 412 g/mol. The Bertz CT molecular complexity index is 1090. The number of amides is 1. The van der Waals surface area contributed by atoms with Crippen molar-refractivity contribution in [1.29, 1.82) is 0 Å². The average Bonchev–Trinajstić information content (AvgIpc) is 3.39. The Morgan fingerprint density at radius 2 is 1.97 bits per heavy atom. The first-order valence-electron chi connectivity index (χ1n) is 9.47. The van der Waals surface area contributed by atoms with Gasteiger partial charge in [0.05, 0.1) is 5.56 Å². The Kier molecular flexibility index (Phi) is 5.46. The number of hydrogen-bond acceptors (Lipinski definition) is 5. The van der Waals surface area contributed by atoms with Crippen molar-refractivity contribution in [2.24, 2.45) is 16.8 Å². The van der Waals surface area contributed by atoms with Gasteiger partial charge < -0.3 is 16.6 Å². The molecular weight excluding hydrogens is 389 g/mol. The minimum Gasteiger partial charge on any atom is -0.322 e. The fourth-order valence-corrected chi connectivity index (χ4v) is 4.90. The summed E-state index contributed by atoms with van der Waals surface area (Å²) in [5, 5.41) is 8.98. The molecule has 0 saturated heterocycles. The van der Waals surface area contributed by atoms with Gasteiger partial charge in [-0.15, -0.1) is 11.3 Å². The molecule has 0 unspecified atom stereocenters. The van der Waals surface area contributed by atoms with Gasteiger partial charge in [-0.3, -0.25) is 4.79 Å². The number of hydrogen-bond donors (Lipinski definition) is 4. The van der Waals surface area contributed by atoms with Crippen LogP contribution < -0.4 is 22.4 Å². The molecule has 0 radical (unpaired) electrons. The van der Waals surface area contributed by atoms with Crippen LogP contribution in [0.2, 0.25) is 0 Å². The number of anilines is 1. The normalized spacial score (nSPS) is 15.0. The molecule has 1 amide bonds. The first kappa shape index (κ1) is 19.4. The molecule has 2 aromatic carbocycles. The van der Waals surface area contributed by atoms with E-state index in [2.05, 4.69) is 15.8 Å². The van der Waals surface area contributed by atoms with Gasteiger partial charge in [0, 0.05) is 26.7 Å². The minimum atomic E-state index is -0.276. The number of fused-ring (bicyclic) bond motifs is 1. The molecule has 1 saturated carbocycles. The van der Waals surface area contributed by atoms with Gasteiger partial charge in [0.1, 0.15) is 5.82 Å². The summed E-state index contributed by atoms with van der Waals surface area (Å²) in [5.41, 5.74) is 4.90. The van der Waals surface area contributed by atoms with E-state index in [4.69, 9.17) is 11.7 Å². The zero-order valence-electron chi connectivity index (χ0n) is 15.7. The molecule has 6 nitrogen and oxygen atoms in total. The summed E-state index contributed by atoms with van der Waals surface area (Å²) in [6.07, 6.45) is 4.36. The van der Waals surface area contributed by atoms with Gasteiger partial charge in [0.15, 0.2) is 5.84 Å². The Hall–Kier alpha value is -2.97. The predicted octanol–water partition coefficient (Wildman–Crippen LogP) is 4.03. The Morgan fingerprint density at radius 3 is 2.66 bits per heavy atom. The van der Waals surface area contributed by atoms with Gasteiger partial charge in [0.25, 0.3) is 5.91 Å². The second-order valence-electron chi connectivity index (χ2n) is 7.15. The van der Waals surface area contributed by atoms with E-state index in [9.17, 15) is 9.18 Å². The SMILES string of the molecule is N/N=C(\NN)c1ccc2c(C(=O)Nc3ccc(C4CCCC4)c(F)c3)csc2c1. The van der Waals surface area contributed by atoms with Crippen molar-refractivity contribution < 1.29 is 9.18 Å². The van der Waals surface area contributed by atoms with Crippen LogP contribution in [0.4, 0.5) is 10.1 Å². The van der Waals surface area contributed by atoms with Gasteiger partial charge in [0.2, 0.25) is 0 Å². The summed E-state index contributed by atoms with van der Waals surface area (Å²) in [6, 6.07) is 10.5. The molecule has 29 heavy (non-hydrogen) atoms. The van der Waals surface area contributed by atoms with Crippen LogP contribution in [0.15, 0.2) is 46.9 Å². The van der Waals surface area contributed by atoms with E-state index in [0.29, 0.717) is 23.0 Å². The number of nitrogens with two attached hydrogens (primary N) is 2. The highest BCUT2D eigenvalue weighted by atomic mass is 32.1. The lowest BCUT2D eigenvalue weighted by Crippen LogP contribution is -2.31. The third kappa shape index (κ3) is 3.81. The number of carbonyl (C=O) groups excluding carboxylic acids is 1. The van der Waals surface area contributed by atoms with E-state index in [0.717, 1.165) is 46.9 Å². The molecule has 150 valence electrons. The third-order valence-electron chi connectivity index (χ3n) is 5.41. The van der Waals surface area contributed by atoms with Crippen LogP contribution >= 0.6 is 11.3 Å². The Labute approximate surface area is 171 Å². The lowest BCUT2D eigenvalue weighted by molar-refractivity contribution is 0.102. The maximum atomic E-state index is 14.5. The van der Waals surface area contributed by atoms with Gasteiger partial charge in [-0.1, -0.05) is 31.0 Å². The molecule has 1 heterocycles. The number of nitrogens with one attached hydrogen (secondary N) is 2. The van der Waals surface area contributed by atoms with Crippen LogP contribution in [0.25, 0.3) is 10.1 Å². The number of rotatable bonds is 4. The lowest BCUT2D eigenvalue weighted by atomic mass is 9.97. The summed E-state index contributed by atoms with van der Waals surface area (Å²) < 4.78 is 15.4. The van der Waals surface area contributed by atoms with E-state index in [1.54, 1.807) is 23.6 Å². The van der Waals surface area contributed by atoms with E-state index in [1.807, 2.05) is 12.1 Å². The molecule has 3 aromatic rings. The minimum absolute atomic E-state index is 0.252. The standard InChI is InChI=1S/C21H22FN5OS/c22-18-10-14(6-8-15(18)12-3-1-2-4-12)25-21(28)17-11-29-19-9-13(5-7-16(17)19)20(26-23)27-24/h5-12H,1-4,23-24H2,(H,25,28)(H,26,27). The van der Waals surface area contributed by atoms with E-state index < -0.39 is 0 Å². The number of benzene rings is 2. The Balaban J connectivity index is 1.55. The second kappa shape index (κ2) is 8.18. The van der Waals surface area contributed by atoms with Crippen molar-refractivity contribution in [3.8, 4) is 0 Å². The molecule has 0 bridgehead atoms. The van der Waals surface area contributed by atoms with Crippen molar-refractivity contribution in [3.63, 3.8) is 0 Å². The maximum absolute atomic E-state index is 14.5. The molecule has 0 aliphatic heterocycles. The van der Waals surface area contributed by atoms with Gasteiger partial charge in [-0.2, -0.15) is 5.10 Å². The third-order valence-corrected chi connectivity index (χ3v) is 6.36. The molecular formula is C21H22FN5OS. The largest absolute Gasteiger partial charge is 0.322 e. The van der Waals surface area contributed by atoms with E-state index >= 15 is 0 Å². The monoisotopic (exact) mass is 411 g/mol. The van der Waals surface area contributed by atoms with Crippen molar-refractivity contribution in [1.82, 2.24) is 5.43 Å². The molecule has 1 fully saturated rings. The van der Waals surface area contributed by atoms with Crippen molar-refractivity contribution >= 4 is 38.9 Å². The van der Waals surface area contributed by atoms with Crippen LogP contribution in [-0.4, -0.2) is 11.7 Å². The first-order chi connectivity index (χ1) is 14.1. The van der Waals surface area contributed by atoms with Gasteiger partial charge in [-0.25, -0.2) is 10.2 Å². The summed E-state index contributed by atoms with van der Waals surface area (Å²) in [7, 11) is 0. The summed E-state index contributed by atoms with van der Waals surface area (Å²) >= 11 is 1.43. The van der Waals surface area contributed by atoms with Crippen LogP contribution in [0.3, 0.4) is 0 Å². The smallest absolute Gasteiger partial charge is 0.257 e. The van der Waals surface area contributed by atoms with Crippen LogP contribution in [0.1, 0.15) is 53.1 Å². The molecule has 8 heteroatoms. The second-order valence-corrected chi connectivity index (χ2v) is 8.07. The van der Waals surface area contributed by atoms with E-state index in [-0.39, 0.29) is 11.7 Å². The summed E-state index contributed by atoms with van der Waals surface area (Å²) in [4.78, 5) is 12.8. The molecule has 4 rings (SSSR count). The number of hydrazone groups is 1. The molecule has 1 aliphatic rings. The quantitative estimate of drug-likeness (QED) is 0.225. The van der Waals surface area contributed by atoms with Crippen molar-refractivity contribution in [3.05, 3.63) is 64.3 Å². The van der Waals surface area contributed by atoms with E-state index in [1.165, 1.54) is 17.4 Å². The molecule has 0 atom stereocenters. The number of amidine groups is 1. The molecule has 1 aromatic heterocycles. The molecule has 1 aliphatic carbocycles. The zero-order chi connectivity index (χ0) is 20.4. The van der Waals surface area contributed by atoms with Crippen LogP contribution in [0, 0.1) is 5.82 Å². The number of hydrazine groups is 1. The summed E-state index contributed by atoms with van der Waals surface area (Å²) in [6.45, 7) is 0. The highest BCUT2D eigenvalue weighted by Crippen LogP contribution is 2.36. The fourth-order valence-electron chi connectivity index (χ4n) is 3.92. The number of halogens is 1. The van der Waals surface area contributed by atoms with Gasteiger partial charge >= 0.3 is 0 Å². The van der Waals surface area contributed by atoms with Crippen molar-refractivity contribution in [2.45, 2.75) is 31.6 Å². The van der Waals surface area contributed by atoms with Crippen LogP contribution in [-0.2, 0) is 0 Å². The predicted molar refractivity (Wildman–Crippen MR) is 115 cm³/mol. The lowest BCUT2D eigenvalue weighted by Gasteiger charge is -2.12. The topological polar surface area (TPSA) is 106 Å². The molecule has 0 spiro atoms. The highest BCUT2D eigenvalue weighted by molar-refractivity contribution is 7.17. The Morgan fingerprint density at radius 1 is 1.17 bits per heavy atom. The first-order valence-corrected chi connectivity index (χ1v) is 10.4. The van der Waals surface area contributed by atoms with Crippen LogP contribution in [0.5, 0.6) is 0 Å². The maximum Gasteiger partial charge on any atom is 0.257 e. The number of nitrogens with zero attached hydrogens (tertiary/aromatic N) is 1. The number of carbonyl (C=O) groups is 1. The van der Waals surface area contributed by atoms with Crippen molar-refractivity contribution in [2.75, 3.05) is 5.32 Å². The zero-order valence-corrected chi connectivity index (χ0v) is 16.6. The van der Waals surface area contributed by atoms with Gasteiger partial charge in [-0.05, 0) is 42.5 Å².